The molecule has 1 unspecified atom stereocenters. The van der Waals surface area contributed by atoms with Crippen LogP contribution in [0, 0.1) is 0 Å². The van der Waals surface area contributed by atoms with E-state index in [-0.39, 0.29) is 0 Å². The Morgan fingerprint density at radius 2 is 2.05 bits per heavy atom. The third kappa shape index (κ3) is 2.05. The van der Waals surface area contributed by atoms with Crippen LogP contribution in [0.25, 0.3) is 10.9 Å². The topological polar surface area (TPSA) is 38.1 Å². The second kappa shape index (κ2) is 4.57. The van der Waals surface area contributed by atoms with Crippen LogP contribution in [0.5, 0.6) is 0 Å². The summed E-state index contributed by atoms with van der Waals surface area (Å²) < 4.78 is 0. The van der Waals surface area contributed by atoms with Crippen LogP contribution in [0.15, 0.2) is 41.4 Å². The first-order valence-corrected chi connectivity index (χ1v) is 6.70. The van der Waals surface area contributed by atoms with Crippen molar-refractivity contribution >= 4 is 17.1 Å². The van der Waals surface area contributed by atoms with E-state index in [0.29, 0.717) is 0 Å². The molecule has 1 aliphatic heterocycles. The van der Waals surface area contributed by atoms with Crippen molar-refractivity contribution in [3.63, 3.8) is 0 Å². The first kappa shape index (κ1) is 12.0. The summed E-state index contributed by atoms with van der Waals surface area (Å²) in [5.41, 5.74) is 1.67. The third-order valence-electron chi connectivity index (χ3n) is 3.51. The van der Waals surface area contributed by atoms with Gasteiger partial charge < -0.3 is 0 Å². The van der Waals surface area contributed by atoms with Gasteiger partial charge in [0.2, 0.25) is 0 Å². The number of nitrogens with zero attached hydrogens (tertiary/aromatic N) is 3. The van der Waals surface area contributed by atoms with Crippen molar-refractivity contribution in [2.45, 2.75) is 32.2 Å². The maximum atomic E-state index is 4.74. The lowest BCUT2D eigenvalue weighted by Gasteiger charge is -2.22. The number of hydrogen-bond donors (Lipinski definition) is 0. The molecule has 96 valence electrons. The van der Waals surface area contributed by atoms with Crippen molar-refractivity contribution in [2.24, 2.45) is 4.99 Å². The van der Waals surface area contributed by atoms with E-state index in [1.165, 1.54) is 0 Å². The second-order valence-electron chi connectivity index (χ2n) is 4.96. The van der Waals surface area contributed by atoms with E-state index in [4.69, 9.17) is 9.97 Å². The molecule has 3 nitrogen and oxygen atoms in total. The Kier molecular flexibility index (Phi) is 2.90. The highest BCUT2D eigenvalue weighted by Gasteiger charge is 2.27. The van der Waals surface area contributed by atoms with Gasteiger partial charge in [0.15, 0.2) is 5.82 Å². The van der Waals surface area contributed by atoms with E-state index in [1.54, 1.807) is 0 Å². The minimum Gasteiger partial charge on any atom is -0.279 e. The molecule has 0 radical (unpaired) electrons. The van der Waals surface area contributed by atoms with Crippen LogP contribution >= 0.6 is 0 Å². The summed E-state index contributed by atoms with van der Waals surface area (Å²) in [4.78, 5) is 14.0. The van der Waals surface area contributed by atoms with Crippen LogP contribution in [0.2, 0.25) is 0 Å². The Balaban J connectivity index is 2.22. The van der Waals surface area contributed by atoms with Gasteiger partial charge in [-0.05, 0) is 19.4 Å². The van der Waals surface area contributed by atoms with Gasteiger partial charge in [-0.25, -0.2) is 9.97 Å². The zero-order chi connectivity index (χ0) is 13.3. The Morgan fingerprint density at radius 3 is 2.79 bits per heavy atom. The van der Waals surface area contributed by atoms with Gasteiger partial charge in [0.25, 0.3) is 0 Å². The van der Waals surface area contributed by atoms with E-state index in [0.717, 1.165) is 35.3 Å². The Hall–Kier alpha value is -2.03. The van der Waals surface area contributed by atoms with Crippen LogP contribution < -0.4 is 0 Å². The standard InChI is InChI=1S/C16H17N3/c1-3-13-12-8-4-5-9-14(12)19-15(18-13)16(2)10-6-7-11-17-16/h4-6,8-11H,3,7H2,1-2H3. The number of aromatic nitrogens is 2. The summed E-state index contributed by atoms with van der Waals surface area (Å²) in [6, 6.07) is 8.17. The molecule has 0 fully saturated rings. The van der Waals surface area contributed by atoms with Gasteiger partial charge in [0.1, 0.15) is 5.54 Å². The maximum absolute atomic E-state index is 4.74. The first-order chi connectivity index (χ1) is 9.23. The average molecular weight is 251 g/mol. The summed E-state index contributed by atoms with van der Waals surface area (Å²) in [6.45, 7) is 4.18. The van der Waals surface area contributed by atoms with Gasteiger partial charge in [0.05, 0.1) is 11.2 Å². The lowest BCUT2D eigenvalue weighted by molar-refractivity contribution is 0.579. The van der Waals surface area contributed by atoms with Gasteiger partial charge in [-0.1, -0.05) is 37.3 Å². The number of aryl methyl sites for hydroxylation is 1. The lowest BCUT2D eigenvalue weighted by atomic mass is 9.98. The molecule has 1 aromatic carbocycles. The van der Waals surface area contributed by atoms with Crippen molar-refractivity contribution in [1.29, 1.82) is 0 Å². The minimum atomic E-state index is -0.424. The number of rotatable bonds is 2. The molecular formula is C16H17N3. The fourth-order valence-corrected chi connectivity index (χ4v) is 2.41. The number of aliphatic imine (C=N–C) groups is 1. The summed E-state index contributed by atoms with van der Waals surface area (Å²) >= 11 is 0. The molecule has 0 saturated carbocycles. The SMILES string of the molecule is CCc1nc(C2(C)C=CCC=N2)nc2ccccc12. The molecule has 1 aromatic heterocycles. The number of allylic oxidation sites excluding steroid dienone is 1. The molecule has 19 heavy (non-hydrogen) atoms. The average Bonchev–Trinajstić information content (AvgIpc) is 2.47. The predicted octanol–water partition coefficient (Wildman–Crippen LogP) is 3.44. The highest BCUT2D eigenvalue weighted by atomic mass is 15.0. The van der Waals surface area contributed by atoms with E-state index >= 15 is 0 Å². The summed E-state index contributed by atoms with van der Waals surface area (Å²) in [6.07, 6.45) is 7.95. The van der Waals surface area contributed by atoms with Gasteiger partial charge in [0, 0.05) is 18.0 Å². The van der Waals surface area contributed by atoms with Gasteiger partial charge >= 0.3 is 0 Å². The summed E-state index contributed by atoms with van der Waals surface area (Å²) in [5, 5.41) is 1.14. The monoisotopic (exact) mass is 251 g/mol. The second-order valence-corrected chi connectivity index (χ2v) is 4.96. The van der Waals surface area contributed by atoms with E-state index in [9.17, 15) is 0 Å². The molecule has 3 heteroatoms. The largest absolute Gasteiger partial charge is 0.279 e. The highest BCUT2D eigenvalue weighted by Crippen LogP contribution is 2.28. The van der Waals surface area contributed by atoms with Gasteiger partial charge in [-0.2, -0.15) is 0 Å². The molecule has 0 aliphatic carbocycles. The highest BCUT2D eigenvalue weighted by molar-refractivity contribution is 5.81. The maximum Gasteiger partial charge on any atom is 0.160 e. The molecule has 0 saturated heterocycles. The van der Waals surface area contributed by atoms with Gasteiger partial charge in [-0.3, -0.25) is 4.99 Å². The predicted molar refractivity (Wildman–Crippen MR) is 78.5 cm³/mol. The molecule has 3 rings (SSSR count). The molecule has 0 N–H and O–H groups in total. The van der Waals surface area contributed by atoms with Gasteiger partial charge in [-0.15, -0.1) is 0 Å². The Bertz CT molecular complexity index is 659. The van der Waals surface area contributed by atoms with Crippen molar-refractivity contribution < 1.29 is 0 Å². The molecule has 1 atom stereocenters. The summed E-state index contributed by atoms with van der Waals surface area (Å²) in [5.74, 6) is 0.787. The van der Waals surface area contributed by atoms with Crippen molar-refractivity contribution in [2.75, 3.05) is 0 Å². The Labute approximate surface area is 113 Å². The number of dihydropyridines is 1. The van der Waals surface area contributed by atoms with Crippen LogP contribution in [-0.4, -0.2) is 16.2 Å². The zero-order valence-electron chi connectivity index (χ0n) is 11.3. The summed E-state index contributed by atoms with van der Waals surface area (Å²) in [7, 11) is 0. The van der Waals surface area contributed by atoms with E-state index < -0.39 is 5.54 Å². The smallest absolute Gasteiger partial charge is 0.160 e. The zero-order valence-corrected chi connectivity index (χ0v) is 11.3. The van der Waals surface area contributed by atoms with Crippen LogP contribution in [0.3, 0.4) is 0 Å². The fourth-order valence-electron chi connectivity index (χ4n) is 2.41. The van der Waals surface area contributed by atoms with E-state index in [2.05, 4.69) is 37.1 Å². The van der Waals surface area contributed by atoms with E-state index in [1.807, 2.05) is 24.4 Å². The van der Waals surface area contributed by atoms with Crippen molar-refractivity contribution in [3.05, 3.63) is 47.9 Å². The first-order valence-electron chi connectivity index (χ1n) is 6.70. The molecule has 0 amide bonds. The Morgan fingerprint density at radius 1 is 1.21 bits per heavy atom. The van der Waals surface area contributed by atoms with Crippen molar-refractivity contribution in [3.8, 4) is 0 Å². The fraction of sp³-hybridized carbons (Fsp3) is 0.312. The molecule has 1 aliphatic rings. The number of benzene rings is 1. The molecule has 2 heterocycles. The molecule has 2 aromatic rings. The normalized spacial score (nSPS) is 22.0. The van der Waals surface area contributed by atoms with Crippen LogP contribution in [0.4, 0.5) is 0 Å². The number of para-hydroxylation sites is 1. The van der Waals surface area contributed by atoms with Crippen molar-refractivity contribution in [1.82, 2.24) is 9.97 Å². The molecular weight excluding hydrogens is 234 g/mol. The third-order valence-corrected chi connectivity index (χ3v) is 3.51. The number of fused-ring (bicyclic) bond motifs is 1. The quantitative estimate of drug-likeness (QED) is 0.767. The minimum absolute atomic E-state index is 0.424. The number of hydrogen-bond acceptors (Lipinski definition) is 3. The van der Waals surface area contributed by atoms with Crippen LogP contribution in [0.1, 0.15) is 31.8 Å². The molecule has 0 bridgehead atoms. The molecule has 0 spiro atoms. The van der Waals surface area contributed by atoms with Crippen LogP contribution in [-0.2, 0) is 12.0 Å². The lowest BCUT2D eigenvalue weighted by Crippen LogP contribution is -2.22.